The van der Waals surface area contributed by atoms with Gasteiger partial charge < -0.3 is 18.8 Å². The Morgan fingerprint density at radius 1 is 1.28 bits per heavy atom. The topological polar surface area (TPSA) is 93.9 Å². The summed E-state index contributed by atoms with van der Waals surface area (Å²) in [6.45, 7) is 6.97. The lowest BCUT2D eigenvalue weighted by molar-refractivity contribution is 0.0198. The number of anilines is 1. The second kappa shape index (κ2) is 8.98. The molecule has 2 heterocycles. The Morgan fingerprint density at radius 3 is 2.69 bits per heavy atom. The highest BCUT2D eigenvalue weighted by atomic mass is 16.6. The summed E-state index contributed by atoms with van der Waals surface area (Å²) in [5, 5.41) is 2.68. The third-order valence-corrected chi connectivity index (χ3v) is 4.53. The fraction of sp³-hybridized carbons (Fsp3) is 0.476. The van der Waals surface area contributed by atoms with Crippen LogP contribution < -0.4 is 5.32 Å². The molecule has 1 fully saturated rings. The molecule has 1 aliphatic heterocycles. The summed E-state index contributed by atoms with van der Waals surface area (Å²) in [7, 11) is 0. The smallest absolute Gasteiger partial charge is 0.412 e. The molecular formula is C21H27N3O5. The predicted molar refractivity (Wildman–Crippen MR) is 107 cm³/mol. The van der Waals surface area contributed by atoms with E-state index in [0.717, 1.165) is 18.4 Å². The maximum atomic E-state index is 12.3. The standard InChI is InChI=1S/C21H27N3O5/c1-21(2,3)29-20(26)24-10-4-5-16(12-24)15-6-8-17(9-7-15)23-19(25)27-13-18-11-22-14-28-18/h6-9,11,14,16H,4-5,10,12-13H2,1-3H3,(H,23,25)/t16-/m0/s1. The van der Waals surface area contributed by atoms with E-state index in [-0.39, 0.29) is 18.6 Å². The largest absolute Gasteiger partial charge is 0.445 e. The molecule has 0 aliphatic carbocycles. The van der Waals surface area contributed by atoms with Gasteiger partial charge in [0.15, 0.2) is 18.8 Å². The highest BCUT2D eigenvalue weighted by Crippen LogP contribution is 2.28. The minimum atomic E-state index is -0.567. The van der Waals surface area contributed by atoms with Crippen molar-refractivity contribution in [1.82, 2.24) is 9.88 Å². The quantitative estimate of drug-likeness (QED) is 0.808. The number of amides is 2. The third kappa shape index (κ3) is 6.23. The molecule has 1 aliphatic rings. The van der Waals surface area contributed by atoms with Gasteiger partial charge in [-0.05, 0) is 51.3 Å². The SMILES string of the molecule is CC(C)(C)OC(=O)N1CCC[C@H](c2ccc(NC(=O)OCc3cnco3)cc2)C1. The first kappa shape index (κ1) is 20.7. The number of likely N-dealkylation sites (tertiary alicyclic amines) is 1. The van der Waals surface area contributed by atoms with E-state index in [0.29, 0.717) is 24.5 Å². The summed E-state index contributed by atoms with van der Waals surface area (Å²) >= 11 is 0. The van der Waals surface area contributed by atoms with Crippen molar-refractivity contribution in [3.63, 3.8) is 0 Å². The first-order chi connectivity index (χ1) is 13.8. The number of nitrogens with one attached hydrogen (secondary N) is 1. The molecule has 0 radical (unpaired) electrons. The molecule has 1 aromatic carbocycles. The number of piperidine rings is 1. The van der Waals surface area contributed by atoms with Gasteiger partial charge in [0, 0.05) is 24.7 Å². The van der Waals surface area contributed by atoms with Gasteiger partial charge in [0.1, 0.15) is 5.60 Å². The number of carbonyl (C=O) groups is 2. The van der Waals surface area contributed by atoms with Crippen LogP contribution in [-0.4, -0.2) is 40.8 Å². The zero-order valence-electron chi connectivity index (χ0n) is 17.0. The van der Waals surface area contributed by atoms with Crippen LogP contribution in [0.4, 0.5) is 15.3 Å². The summed E-state index contributed by atoms with van der Waals surface area (Å²) in [5.41, 5.74) is 1.26. The van der Waals surface area contributed by atoms with Crippen molar-refractivity contribution in [3.8, 4) is 0 Å². The molecule has 0 saturated carbocycles. The van der Waals surface area contributed by atoms with Gasteiger partial charge >= 0.3 is 12.2 Å². The number of rotatable bonds is 4. The Kier molecular flexibility index (Phi) is 6.41. The van der Waals surface area contributed by atoms with Crippen LogP contribution in [-0.2, 0) is 16.1 Å². The van der Waals surface area contributed by atoms with E-state index in [1.54, 1.807) is 4.90 Å². The third-order valence-electron chi connectivity index (χ3n) is 4.53. The predicted octanol–water partition coefficient (Wildman–Crippen LogP) is 4.54. The average molecular weight is 401 g/mol. The molecule has 156 valence electrons. The Hall–Kier alpha value is -3.03. The minimum absolute atomic E-state index is 0.0203. The number of carbonyl (C=O) groups excluding carboxylic acids is 2. The molecule has 0 bridgehead atoms. The van der Waals surface area contributed by atoms with E-state index in [1.165, 1.54) is 12.6 Å². The lowest BCUT2D eigenvalue weighted by atomic mass is 9.91. The van der Waals surface area contributed by atoms with Gasteiger partial charge in [-0.25, -0.2) is 14.6 Å². The molecule has 2 amide bonds. The van der Waals surface area contributed by atoms with Gasteiger partial charge in [-0.15, -0.1) is 0 Å². The summed E-state index contributed by atoms with van der Waals surface area (Å²) < 4.78 is 15.6. The number of ether oxygens (including phenoxy) is 2. The molecule has 1 N–H and O–H groups in total. The maximum Gasteiger partial charge on any atom is 0.412 e. The van der Waals surface area contributed by atoms with Crippen LogP contribution in [0.2, 0.25) is 0 Å². The summed E-state index contributed by atoms with van der Waals surface area (Å²) in [4.78, 5) is 29.7. The van der Waals surface area contributed by atoms with E-state index in [1.807, 2.05) is 45.0 Å². The fourth-order valence-corrected chi connectivity index (χ4v) is 3.18. The highest BCUT2D eigenvalue weighted by molar-refractivity contribution is 5.84. The molecule has 29 heavy (non-hydrogen) atoms. The van der Waals surface area contributed by atoms with E-state index in [4.69, 9.17) is 13.9 Å². The van der Waals surface area contributed by atoms with E-state index in [9.17, 15) is 9.59 Å². The Balaban J connectivity index is 1.52. The van der Waals surface area contributed by atoms with Gasteiger partial charge in [-0.3, -0.25) is 5.32 Å². The van der Waals surface area contributed by atoms with Crippen LogP contribution in [0.15, 0.2) is 41.3 Å². The van der Waals surface area contributed by atoms with Gasteiger partial charge in [-0.1, -0.05) is 12.1 Å². The number of nitrogens with zero attached hydrogens (tertiary/aromatic N) is 2. The van der Waals surface area contributed by atoms with Crippen LogP contribution in [0.5, 0.6) is 0 Å². The van der Waals surface area contributed by atoms with Crippen molar-refractivity contribution in [2.75, 3.05) is 18.4 Å². The van der Waals surface area contributed by atoms with Crippen LogP contribution in [0.25, 0.3) is 0 Å². The van der Waals surface area contributed by atoms with Gasteiger partial charge in [0.05, 0.1) is 6.20 Å². The van der Waals surface area contributed by atoms with Gasteiger partial charge in [0.2, 0.25) is 0 Å². The lowest BCUT2D eigenvalue weighted by Crippen LogP contribution is -2.42. The second-order valence-corrected chi connectivity index (χ2v) is 8.06. The molecule has 3 rings (SSSR count). The molecular weight excluding hydrogens is 374 g/mol. The second-order valence-electron chi connectivity index (χ2n) is 8.06. The van der Waals surface area contributed by atoms with Crippen molar-refractivity contribution in [1.29, 1.82) is 0 Å². The molecule has 1 saturated heterocycles. The van der Waals surface area contributed by atoms with Crippen LogP contribution in [0.3, 0.4) is 0 Å². The normalized spacial score (nSPS) is 16.9. The monoisotopic (exact) mass is 401 g/mol. The summed E-state index contributed by atoms with van der Waals surface area (Å²) in [5.74, 6) is 0.714. The minimum Gasteiger partial charge on any atom is -0.445 e. The fourth-order valence-electron chi connectivity index (χ4n) is 3.18. The molecule has 8 nitrogen and oxygen atoms in total. The highest BCUT2D eigenvalue weighted by Gasteiger charge is 2.28. The first-order valence-corrected chi connectivity index (χ1v) is 9.69. The molecule has 0 unspecified atom stereocenters. The number of oxazole rings is 1. The Morgan fingerprint density at radius 2 is 2.03 bits per heavy atom. The van der Waals surface area contributed by atoms with E-state index >= 15 is 0 Å². The number of aromatic nitrogens is 1. The zero-order valence-corrected chi connectivity index (χ0v) is 17.0. The number of hydrogen-bond donors (Lipinski definition) is 1. The molecule has 8 heteroatoms. The summed E-state index contributed by atoms with van der Waals surface area (Å²) in [6.07, 6.45) is 3.87. The van der Waals surface area contributed by atoms with Crippen LogP contribution in [0, 0.1) is 0 Å². The number of benzene rings is 1. The Labute approximate surface area is 170 Å². The molecule has 1 aromatic heterocycles. The van der Waals surface area contributed by atoms with Gasteiger partial charge in [0.25, 0.3) is 0 Å². The van der Waals surface area contributed by atoms with Crippen LogP contribution in [0.1, 0.15) is 50.9 Å². The van der Waals surface area contributed by atoms with Crippen molar-refractivity contribution in [3.05, 3.63) is 48.2 Å². The maximum absolute atomic E-state index is 12.3. The van der Waals surface area contributed by atoms with Gasteiger partial charge in [-0.2, -0.15) is 0 Å². The van der Waals surface area contributed by atoms with Crippen molar-refractivity contribution in [2.24, 2.45) is 0 Å². The Bertz CT molecular complexity index is 812. The molecule has 2 aromatic rings. The molecule has 0 spiro atoms. The number of hydrogen-bond acceptors (Lipinski definition) is 6. The van der Waals surface area contributed by atoms with E-state index < -0.39 is 11.7 Å². The lowest BCUT2D eigenvalue weighted by Gasteiger charge is -2.34. The summed E-state index contributed by atoms with van der Waals surface area (Å²) in [6, 6.07) is 7.60. The first-order valence-electron chi connectivity index (χ1n) is 9.69. The zero-order chi connectivity index (χ0) is 20.9. The molecule has 1 atom stereocenters. The van der Waals surface area contributed by atoms with E-state index in [2.05, 4.69) is 10.3 Å². The average Bonchev–Trinajstić information content (AvgIpc) is 3.19. The van der Waals surface area contributed by atoms with Crippen LogP contribution >= 0.6 is 0 Å². The van der Waals surface area contributed by atoms with Crippen molar-refractivity contribution < 1.29 is 23.5 Å². The van der Waals surface area contributed by atoms with Crippen molar-refractivity contribution >= 4 is 17.9 Å². The van der Waals surface area contributed by atoms with Crippen molar-refractivity contribution in [2.45, 2.75) is 51.7 Å².